The quantitative estimate of drug-likeness (QED) is 0.132. The second kappa shape index (κ2) is 12.8. The van der Waals surface area contributed by atoms with Crippen molar-refractivity contribution in [3.63, 3.8) is 0 Å². The van der Waals surface area contributed by atoms with E-state index in [1.165, 1.54) is 43.9 Å². The van der Waals surface area contributed by atoms with Gasteiger partial charge in [-0.2, -0.15) is 37.0 Å². The molecule has 3 aromatic heterocycles. The number of para-hydroxylation sites is 1. The molecule has 8 rings (SSSR count). The second-order valence-electron chi connectivity index (χ2n) is 12.5. The topological polar surface area (TPSA) is 28.7 Å². The fourth-order valence-corrected chi connectivity index (χ4v) is 6.41. The number of rotatable bonds is 4. The molecule has 0 amide bonds. The number of pyridine rings is 1. The molecule has 0 bridgehead atoms. The van der Waals surface area contributed by atoms with Crippen molar-refractivity contribution < 1.29 is 20.1 Å². The molecule has 0 atom stereocenters. The van der Waals surface area contributed by atoms with E-state index in [9.17, 15) is 0 Å². The van der Waals surface area contributed by atoms with Gasteiger partial charge in [-0.15, -0.1) is 35.3 Å². The van der Waals surface area contributed by atoms with Gasteiger partial charge < -0.3 is 18.8 Å². The molecule has 0 saturated heterocycles. The third-order valence-electron chi connectivity index (χ3n) is 8.71. The van der Waals surface area contributed by atoms with Crippen LogP contribution in [-0.4, -0.2) is 25.9 Å². The van der Waals surface area contributed by atoms with Crippen LogP contribution in [0.3, 0.4) is 0 Å². The van der Waals surface area contributed by atoms with Crippen LogP contribution < -0.4 is 4.90 Å². The molecule has 0 radical (unpaired) electrons. The second-order valence-corrected chi connectivity index (χ2v) is 12.5. The molecule has 1 aliphatic rings. The molecule has 4 aromatic carbocycles. The Hall–Kier alpha value is -4.38. The molecule has 0 saturated carbocycles. The van der Waals surface area contributed by atoms with E-state index in [2.05, 4.69) is 117 Å². The van der Waals surface area contributed by atoms with Crippen LogP contribution in [-0.2, 0) is 27.2 Å². The van der Waals surface area contributed by atoms with Gasteiger partial charge in [0, 0.05) is 41.4 Å². The maximum Gasteiger partial charge on any atom is 3.00 e. The maximum absolute atomic E-state index is 5.26. The number of aromatic nitrogens is 3. The largest absolute Gasteiger partial charge is 3.00 e. The fraction of sp³-hybridized carbons (Fsp3) is 0.200. The molecule has 1 aliphatic heterocycles. The summed E-state index contributed by atoms with van der Waals surface area (Å²) in [5.41, 5.74) is 9.49. The average Bonchev–Trinajstić information content (AvgIpc) is 3.79. The Morgan fingerprint density at radius 3 is 2.20 bits per heavy atom. The van der Waals surface area contributed by atoms with Crippen LogP contribution in [0.1, 0.15) is 50.7 Å². The van der Waals surface area contributed by atoms with Crippen LogP contribution in [0.25, 0.3) is 49.5 Å². The van der Waals surface area contributed by atoms with Crippen molar-refractivity contribution in [1.29, 1.82) is 0 Å². The minimum absolute atomic E-state index is 0. The van der Waals surface area contributed by atoms with E-state index in [0.29, 0.717) is 11.8 Å². The molecule has 7 aromatic rings. The first-order chi connectivity index (χ1) is 21.8. The molecule has 0 spiro atoms. The Bertz CT molecular complexity index is 2160. The van der Waals surface area contributed by atoms with Crippen molar-refractivity contribution in [2.45, 2.75) is 39.5 Å². The van der Waals surface area contributed by atoms with E-state index in [1.54, 1.807) is 0 Å². The molecule has 46 heavy (non-hydrogen) atoms. The smallest absolute Gasteiger partial charge is 0.510 e. The van der Waals surface area contributed by atoms with Crippen LogP contribution in [0.4, 0.5) is 5.69 Å². The zero-order valence-corrected chi connectivity index (χ0v) is 29.5. The number of anilines is 1. The number of aryl methyl sites for hydroxylation is 1. The van der Waals surface area contributed by atoms with Crippen molar-refractivity contribution in [2.24, 2.45) is 7.05 Å². The van der Waals surface area contributed by atoms with Gasteiger partial charge in [-0.05, 0) is 66.0 Å². The summed E-state index contributed by atoms with van der Waals surface area (Å²) >= 11 is 0. The third kappa shape index (κ3) is 5.61. The molecular formula is C40H38IrN5. The Kier molecular flexibility index (Phi) is 8.78. The van der Waals surface area contributed by atoms with Crippen molar-refractivity contribution in [3.8, 4) is 11.3 Å². The number of nitrogens with zero attached hydrogens (tertiary/aromatic N) is 5. The standard InChI is InChI=1S/C30H28N3.C10H10N2.Ir/c1-18(2)21-11-8-12-22(19(3)4)29(21)26-17-33-28-15-20-13-14-32(5)27(20)16-25(28)23-9-6-7-10-24(23)30(33)31-26;1-11-7-8-12(9-11)10-5-3-2-4-6-10;/h6-9,11-19H,1-5H3;2-5,7-9H,1H3;/q-1;-2;+3. The van der Waals surface area contributed by atoms with Crippen LogP contribution in [0.15, 0.2) is 104 Å². The minimum atomic E-state index is 0. The van der Waals surface area contributed by atoms with Crippen molar-refractivity contribution in [3.05, 3.63) is 134 Å². The van der Waals surface area contributed by atoms with E-state index < -0.39 is 0 Å². The van der Waals surface area contributed by atoms with Gasteiger partial charge >= 0.3 is 20.1 Å². The molecule has 232 valence electrons. The predicted molar refractivity (Wildman–Crippen MR) is 188 cm³/mol. The van der Waals surface area contributed by atoms with Gasteiger partial charge in [0.25, 0.3) is 0 Å². The summed E-state index contributed by atoms with van der Waals surface area (Å²) in [4.78, 5) is 9.29. The van der Waals surface area contributed by atoms with Crippen LogP contribution in [0.2, 0.25) is 0 Å². The molecule has 0 fully saturated rings. The number of hydrogen-bond donors (Lipinski definition) is 0. The van der Waals surface area contributed by atoms with Gasteiger partial charge in [-0.3, -0.25) is 4.98 Å². The SMILES string of the molecule is CC(C)c1cccc(C(C)C)c1-c1cn2c3cc4ccn(C)c4cc3c3ccc[c-]c3c2n1.CN1C=CN(c2[c-]cccc2)[CH-]1.[Ir+3]. The molecule has 0 N–H and O–H groups in total. The van der Waals surface area contributed by atoms with Crippen molar-refractivity contribution >= 4 is 43.9 Å². The van der Waals surface area contributed by atoms with E-state index >= 15 is 0 Å². The molecular weight excluding hydrogens is 743 g/mol. The van der Waals surface area contributed by atoms with Crippen molar-refractivity contribution in [1.82, 2.24) is 18.9 Å². The van der Waals surface area contributed by atoms with Crippen LogP contribution >= 0.6 is 0 Å². The van der Waals surface area contributed by atoms with Gasteiger partial charge in [-0.1, -0.05) is 51.3 Å². The Morgan fingerprint density at radius 1 is 0.761 bits per heavy atom. The normalized spacial score (nSPS) is 13.0. The van der Waals surface area contributed by atoms with Gasteiger partial charge in [0.1, 0.15) is 0 Å². The predicted octanol–water partition coefficient (Wildman–Crippen LogP) is 9.67. The third-order valence-corrected chi connectivity index (χ3v) is 8.71. The molecule has 0 unspecified atom stereocenters. The van der Waals surface area contributed by atoms with E-state index in [4.69, 9.17) is 4.98 Å². The summed E-state index contributed by atoms with van der Waals surface area (Å²) < 4.78 is 4.46. The summed E-state index contributed by atoms with van der Waals surface area (Å²) in [6.45, 7) is 11.1. The van der Waals surface area contributed by atoms with Gasteiger partial charge in [0.05, 0.1) is 11.3 Å². The van der Waals surface area contributed by atoms with Crippen LogP contribution in [0.5, 0.6) is 0 Å². The summed E-state index contributed by atoms with van der Waals surface area (Å²) in [5.74, 6) is 0.847. The first-order valence-electron chi connectivity index (χ1n) is 15.6. The summed E-state index contributed by atoms with van der Waals surface area (Å²) in [7, 11) is 4.10. The number of imidazole rings is 1. The maximum atomic E-state index is 5.26. The van der Waals surface area contributed by atoms with Gasteiger partial charge in [-0.25, -0.2) is 0 Å². The Morgan fingerprint density at radius 2 is 1.52 bits per heavy atom. The number of hydrogen-bond acceptors (Lipinski definition) is 3. The van der Waals surface area contributed by atoms with E-state index in [-0.39, 0.29) is 20.1 Å². The van der Waals surface area contributed by atoms with Crippen LogP contribution in [0, 0.1) is 18.8 Å². The minimum Gasteiger partial charge on any atom is -0.510 e. The fourth-order valence-electron chi connectivity index (χ4n) is 6.41. The van der Waals surface area contributed by atoms with Crippen molar-refractivity contribution in [2.75, 3.05) is 11.9 Å². The summed E-state index contributed by atoms with van der Waals surface area (Å²) in [5, 5.41) is 4.74. The Balaban J connectivity index is 0.000000241. The molecule has 6 heteroatoms. The first kappa shape index (κ1) is 31.6. The monoisotopic (exact) mass is 781 g/mol. The first-order valence-corrected chi connectivity index (χ1v) is 15.6. The number of fused-ring (bicyclic) bond motifs is 7. The molecule has 5 nitrogen and oxygen atoms in total. The van der Waals surface area contributed by atoms with Gasteiger partial charge in [0.2, 0.25) is 0 Å². The van der Waals surface area contributed by atoms with E-state index in [1.807, 2.05) is 66.2 Å². The molecule has 4 heterocycles. The zero-order valence-electron chi connectivity index (χ0n) is 27.1. The zero-order chi connectivity index (χ0) is 31.2. The van der Waals surface area contributed by atoms with E-state index in [0.717, 1.165) is 22.4 Å². The van der Waals surface area contributed by atoms with Gasteiger partial charge in [0.15, 0.2) is 0 Å². The number of benzene rings is 4. The average molecular weight is 781 g/mol. The summed E-state index contributed by atoms with van der Waals surface area (Å²) in [6.07, 6.45) is 8.37. The Labute approximate surface area is 285 Å². The summed E-state index contributed by atoms with van der Waals surface area (Å²) in [6, 6.07) is 34.3. The molecule has 0 aliphatic carbocycles.